The lowest BCUT2D eigenvalue weighted by Crippen LogP contribution is -2.23. The number of phenolic OH excluding ortho intramolecular Hbond substituents is 1. The minimum Gasteiger partial charge on any atom is -0.508 e. The van der Waals surface area contributed by atoms with Crippen LogP contribution in [0, 0.1) is 0 Å². The zero-order valence-electron chi connectivity index (χ0n) is 9.43. The number of hydrogen-bond acceptors (Lipinski definition) is 3. The highest BCUT2D eigenvalue weighted by Crippen LogP contribution is 2.15. The van der Waals surface area contributed by atoms with Gasteiger partial charge in [-0.1, -0.05) is 29.8 Å². The van der Waals surface area contributed by atoms with Crippen LogP contribution in [0.3, 0.4) is 0 Å². The van der Waals surface area contributed by atoms with E-state index in [1.54, 1.807) is 36.4 Å². The summed E-state index contributed by atoms with van der Waals surface area (Å²) < 4.78 is 0. The van der Waals surface area contributed by atoms with Crippen molar-refractivity contribution >= 4 is 17.5 Å². The quantitative estimate of drug-likeness (QED) is 0.893. The topological polar surface area (TPSA) is 62.2 Å². The largest absolute Gasteiger partial charge is 0.508 e. The number of amides is 1. The SMILES string of the molecule is O=C(NCc1ccccc1O)c1ccc(Cl)cn1. The maximum Gasteiger partial charge on any atom is 0.270 e. The summed E-state index contributed by atoms with van der Waals surface area (Å²) in [5.74, 6) is -0.156. The average Bonchev–Trinajstić information content (AvgIpc) is 2.38. The lowest BCUT2D eigenvalue weighted by molar-refractivity contribution is 0.0946. The third-order valence-electron chi connectivity index (χ3n) is 2.39. The van der Waals surface area contributed by atoms with E-state index in [1.807, 2.05) is 0 Å². The van der Waals surface area contributed by atoms with E-state index in [2.05, 4.69) is 10.3 Å². The second-order valence-electron chi connectivity index (χ2n) is 3.67. The highest BCUT2D eigenvalue weighted by atomic mass is 35.5. The summed E-state index contributed by atoms with van der Waals surface area (Å²) in [6, 6.07) is 9.97. The predicted octanol–water partition coefficient (Wildman–Crippen LogP) is 2.37. The number of carbonyl (C=O) groups is 1. The molecule has 1 amide bonds. The molecule has 0 aliphatic carbocycles. The van der Waals surface area contributed by atoms with E-state index in [-0.39, 0.29) is 23.9 Å². The molecule has 0 radical (unpaired) electrons. The van der Waals surface area contributed by atoms with Crippen molar-refractivity contribution in [2.45, 2.75) is 6.54 Å². The Hall–Kier alpha value is -2.07. The van der Waals surface area contributed by atoms with E-state index in [4.69, 9.17) is 11.6 Å². The molecule has 1 heterocycles. The Morgan fingerprint density at radius 1 is 1.28 bits per heavy atom. The van der Waals surface area contributed by atoms with Crippen molar-refractivity contribution in [2.24, 2.45) is 0 Å². The molecule has 2 rings (SSSR count). The lowest BCUT2D eigenvalue weighted by atomic mass is 10.2. The van der Waals surface area contributed by atoms with Crippen LogP contribution in [-0.2, 0) is 6.54 Å². The Morgan fingerprint density at radius 2 is 2.06 bits per heavy atom. The number of carbonyl (C=O) groups excluding carboxylic acids is 1. The summed E-state index contributed by atoms with van der Waals surface area (Å²) in [7, 11) is 0. The number of para-hydroxylation sites is 1. The minimum atomic E-state index is -0.310. The molecule has 0 atom stereocenters. The summed E-state index contributed by atoms with van der Waals surface area (Å²) >= 11 is 5.68. The highest BCUT2D eigenvalue weighted by Gasteiger charge is 2.07. The number of aromatic hydroxyl groups is 1. The highest BCUT2D eigenvalue weighted by molar-refractivity contribution is 6.30. The first-order chi connectivity index (χ1) is 8.66. The van der Waals surface area contributed by atoms with Crippen molar-refractivity contribution in [1.29, 1.82) is 0 Å². The molecule has 0 unspecified atom stereocenters. The molecule has 0 saturated carbocycles. The Labute approximate surface area is 109 Å². The maximum absolute atomic E-state index is 11.7. The maximum atomic E-state index is 11.7. The Balaban J connectivity index is 2.01. The van der Waals surface area contributed by atoms with Crippen molar-refractivity contribution in [1.82, 2.24) is 10.3 Å². The molecule has 0 aliphatic rings. The molecule has 18 heavy (non-hydrogen) atoms. The van der Waals surface area contributed by atoms with Crippen LogP contribution in [0.5, 0.6) is 5.75 Å². The van der Waals surface area contributed by atoms with Crippen LogP contribution in [0.15, 0.2) is 42.6 Å². The third-order valence-corrected chi connectivity index (χ3v) is 2.61. The van der Waals surface area contributed by atoms with Gasteiger partial charge >= 0.3 is 0 Å². The van der Waals surface area contributed by atoms with Crippen LogP contribution >= 0.6 is 11.6 Å². The van der Waals surface area contributed by atoms with Crippen LogP contribution in [0.25, 0.3) is 0 Å². The molecule has 0 fully saturated rings. The standard InChI is InChI=1S/C13H11ClN2O2/c14-10-5-6-11(15-8-10)13(18)16-7-9-3-1-2-4-12(9)17/h1-6,8,17H,7H2,(H,16,18). The first-order valence-corrected chi connectivity index (χ1v) is 5.71. The molecule has 4 nitrogen and oxygen atoms in total. The van der Waals surface area contributed by atoms with E-state index in [9.17, 15) is 9.90 Å². The number of halogens is 1. The van der Waals surface area contributed by atoms with Gasteiger partial charge in [0, 0.05) is 18.3 Å². The number of hydrogen-bond donors (Lipinski definition) is 2. The summed E-state index contributed by atoms with van der Waals surface area (Å²) in [6.45, 7) is 0.246. The number of nitrogens with one attached hydrogen (secondary N) is 1. The van der Waals surface area contributed by atoms with Gasteiger partial charge in [-0.25, -0.2) is 4.98 Å². The van der Waals surface area contributed by atoms with Gasteiger partial charge in [0.2, 0.25) is 0 Å². The normalized spacial score (nSPS) is 10.1. The number of benzene rings is 1. The molecule has 2 aromatic rings. The molecule has 2 N–H and O–H groups in total. The minimum absolute atomic E-state index is 0.155. The molecule has 0 saturated heterocycles. The zero-order chi connectivity index (χ0) is 13.0. The van der Waals surface area contributed by atoms with E-state index < -0.39 is 0 Å². The number of pyridine rings is 1. The van der Waals surface area contributed by atoms with Crippen LogP contribution in [0.2, 0.25) is 5.02 Å². The molecular formula is C13H11ClN2O2. The van der Waals surface area contributed by atoms with Gasteiger partial charge in [-0.3, -0.25) is 4.79 Å². The van der Waals surface area contributed by atoms with Crippen molar-refractivity contribution < 1.29 is 9.90 Å². The number of phenols is 1. The summed E-state index contributed by atoms with van der Waals surface area (Å²) in [5, 5.41) is 12.7. The Bertz CT molecular complexity index is 555. The van der Waals surface area contributed by atoms with Crippen LogP contribution < -0.4 is 5.32 Å². The number of rotatable bonds is 3. The van der Waals surface area contributed by atoms with E-state index in [1.165, 1.54) is 6.20 Å². The van der Waals surface area contributed by atoms with Gasteiger partial charge in [0.25, 0.3) is 5.91 Å². The fourth-order valence-electron chi connectivity index (χ4n) is 1.44. The second-order valence-corrected chi connectivity index (χ2v) is 4.11. The summed E-state index contributed by atoms with van der Waals surface area (Å²) in [5.41, 5.74) is 0.939. The van der Waals surface area contributed by atoms with Gasteiger partial charge in [-0.2, -0.15) is 0 Å². The van der Waals surface area contributed by atoms with Gasteiger partial charge in [0.15, 0.2) is 0 Å². The average molecular weight is 263 g/mol. The number of nitrogens with zero attached hydrogens (tertiary/aromatic N) is 1. The fraction of sp³-hybridized carbons (Fsp3) is 0.0769. The molecule has 5 heteroatoms. The fourth-order valence-corrected chi connectivity index (χ4v) is 1.55. The molecule has 0 spiro atoms. The molecular weight excluding hydrogens is 252 g/mol. The van der Waals surface area contributed by atoms with E-state index in [0.29, 0.717) is 10.6 Å². The first-order valence-electron chi connectivity index (χ1n) is 5.33. The molecule has 1 aromatic carbocycles. The monoisotopic (exact) mass is 262 g/mol. The van der Waals surface area contributed by atoms with Crippen LogP contribution in [-0.4, -0.2) is 16.0 Å². The molecule has 92 valence electrons. The van der Waals surface area contributed by atoms with Gasteiger partial charge in [-0.05, 0) is 18.2 Å². The van der Waals surface area contributed by atoms with E-state index >= 15 is 0 Å². The van der Waals surface area contributed by atoms with Gasteiger partial charge in [0.05, 0.1) is 5.02 Å². The van der Waals surface area contributed by atoms with Crippen LogP contribution in [0.4, 0.5) is 0 Å². The van der Waals surface area contributed by atoms with Gasteiger partial charge in [-0.15, -0.1) is 0 Å². The van der Waals surface area contributed by atoms with Crippen LogP contribution in [0.1, 0.15) is 16.1 Å². The lowest BCUT2D eigenvalue weighted by Gasteiger charge is -2.06. The summed E-state index contributed by atoms with van der Waals surface area (Å²) in [6.07, 6.45) is 1.41. The van der Waals surface area contributed by atoms with Gasteiger partial charge < -0.3 is 10.4 Å². The molecule has 0 aliphatic heterocycles. The molecule has 1 aromatic heterocycles. The predicted molar refractivity (Wildman–Crippen MR) is 68.5 cm³/mol. The first kappa shape index (κ1) is 12.4. The second kappa shape index (κ2) is 5.51. The van der Waals surface area contributed by atoms with Crippen molar-refractivity contribution in [3.63, 3.8) is 0 Å². The van der Waals surface area contributed by atoms with Crippen molar-refractivity contribution in [2.75, 3.05) is 0 Å². The van der Waals surface area contributed by atoms with Gasteiger partial charge in [0.1, 0.15) is 11.4 Å². The van der Waals surface area contributed by atoms with Crippen molar-refractivity contribution in [3.05, 3.63) is 58.9 Å². The number of aromatic nitrogens is 1. The third kappa shape index (κ3) is 2.99. The summed E-state index contributed by atoms with van der Waals surface area (Å²) in [4.78, 5) is 15.6. The zero-order valence-corrected chi connectivity index (χ0v) is 10.2. The Morgan fingerprint density at radius 3 is 2.72 bits per heavy atom. The Kier molecular flexibility index (Phi) is 3.79. The smallest absolute Gasteiger partial charge is 0.270 e. The van der Waals surface area contributed by atoms with E-state index in [0.717, 1.165) is 0 Å². The molecule has 0 bridgehead atoms. The van der Waals surface area contributed by atoms with Crippen molar-refractivity contribution in [3.8, 4) is 5.75 Å².